The second-order valence-electron chi connectivity index (χ2n) is 8.73. The van der Waals surface area contributed by atoms with Crippen molar-refractivity contribution < 1.29 is 19.0 Å². The summed E-state index contributed by atoms with van der Waals surface area (Å²) in [6.45, 7) is 2.29. The van der Waals surface area contributed by atoms with Gasteiger partial charge in [0.15, 0.2) is 11.5 Å². The van der Waals surface area contributed by atoms with Gasteiger partial charge in [-0.05, 0) is 59.9 Å². The number of carbonyl (C=O) groups is 1. The Morgan fingerprint density at radius 1 is 1.07 bits per heavy atom. The highest BCUT2D eigenvalue weighted by atomic mass is 16.5. The minimum atomic E-state index is -0.0975. The minimum Gasteiger partial charge on any atom is -0.493 e. The molecule has 2 aromatic rings. The van der Waals surface area contributed by atoms with Crippen LogP contribution in [0.2, 0.25) is 0 Å². The summed E-state index contributed by atoms with van der Waals surface area (Å²) in [7, 11) is 3.32. The summed E-state index contributed by atoms with van der Waals surface area (Å²) in [6.07, 6.45) is 3.85. The van der Waals surface area contributed by atoms with E-state index < -0.39 is 0 Å². The fraction of sp³-hybridized carbons (Fsp3) is 0.480. The second kappa shape index (κ2) is 7.62. The fourth-order valence-corrected chi connectivity index (χ4v) is 5.41. The van der Waals surface area contributed by atoms with Crippen LogP contribution < -0.4 is 9.47 Å². The molecule has 1 spiro atoms. The van der Waals surface area contributed by atoms with Gasteiger partial charge >= 0.3 is 0 Å². The largest absolute Gasteiger partial charge is 0.493 e. The first kappa shape index (κ1) is 19.4. The molecule has 5 nitrogen and oxygen atoms in total. The molecule has 5 rings (SSSR count). The van der Waals surface area contributed by atoms with Gasteiger partial charge in [-0.1, -0.05) is 30.3 Å². The van der Waals surface area contributed by atoms with E-state index in [1.165, 1.54) is 5.56 Å². The highest BCUT2D eigenvalue weighted by Crippen LogP contribution is 2.60. The molecule has 2 atom stereocenters. The summed E-state index contributed by atoms with van der Waals surface area (Å²) < 4.78 is 16.7. The quantitative estimate of drug-likeness (QED) is 0.769. The molecule has 2 aromatic carbocycles. The van der Waals surface area contributed by atoms with Gasteiger partial charge in [0.25, 0.3) is 0 Å². The SMILES string of the molecule is COc1cc2c(cc1OC)[C@H](c1ccccc1)N(C(=O)[C@@H]1CC13CCOCC3)CC2. The Morgan fingerprint density at radius 3 is 2.47 bits per heavy atom. The van der Waals surface area contributed by atoms with Gasteiger partial charge in [-0.15, -0.1) is 0 Å². The number of hydrogen-bond donors (Lipinski definition) is 0. The lowest BCUT2D eigenvalue weighted by molar-refractivity contribution is -0.136. The first-order valence-electron chi connectivity index (χ1n) is 10.8. The van der Waals surface area contributed by atoms with Crippen molar-refractivity contribution in [1.29, 1.82) is 0 Å². The van der Waals surface area contributed by atoms with Crippen LogP contribution in [0.15, 0.2) is 42.5 Å². The summed E-state index contributed by atoms with van der Waals surface area (Å²) in [6, 6.07) is 14.4. The molecule has 1 amide bonds. The third-order valence-electron chi connectivity index (χ3n) is 7.25. The molecule has 2 fully saturated rings. The molecule has 30 heavy (non-hydrogen) atoms. The second-order valence-corrected chi connectivity index (χ2v) is 8.73. The van der Waals surface area contributed by atoms with E-state index in [9.17, 15) is 4.79 Å². The topological polar surface area (TPSA) is 48.0 Å². The molecular weight excluding hydrogens is 378 g/mol. The minimum absolute atomic E-state index is 0.0975. The van der Waals surface area contributed by atoms with Crippen LogP contribution in [0.4, 0.5) is 0 Å². The number of ether oxygens (including phenoxy) is 3. The highest BCUT2D eigenvalue weighted by Gasteiger charge is 2.59. The Labute approximate surface area is 177 Å². The normalized spacial score (nSPS) is 24.3. The van der Waals surface area contributed by atoms with E-state index in [-0.39, 0.29) is 17.4 Å². The standard InChI is InChI=1S/C25H29NO4/c1-28-21-14-18-8-11-26(24(27)20-16-25(20)9-12-30-13-10-25)23(17-6-4-3-5-7-17)19(18)15-22(21)29-2/h3-7,14-15,20,23H,8-13,16H2,1-2H3/t20-,23-/m0/s1. The van der Waals surface area contributed by atoms with Crippen LogP contribution in [-0.2, 0) is 16.0 Å². The Morgan fingerprint density at radius 2 is 1.77 bits per heavy atom. The molecule has 2 aliphatic heterocycles. The van der Waals surface area contributed by atoms with Crippen molar-refractivity contribution >= 4 is 5.91 Å². The third-order valence-corrected chi connectivity index (χ3v) is 7.25. The highest BCUT2D eigenvalue weighted by molar-refractivity contribution is 5.84. The zero-order valence-corrected chi connectivity index (χ0v) is 17.7. The van der Waals surface area contributed by atoms with Gasteiger partial charge in [-0.2, -0.15) is 0 Å². The smallest absolute Gasteiger partial charge is 0.227 e. The molecule has 0 bridgehead atoms. The van der Waals surface area contributed by atoms with Crippen LogP contribution in [0.3, 0.4) is 0 Å². The van der Waals surface area contributed by atoms with Crippen LogP contribution in [0.1, 0.15) is 42.0 Å². The van der Waals surface area contributed by atoms with Crippen LogP contribution in [0, 0.1) is 11.3 Å². The van der Waals surface area contributed by atoms with Crippen molar-refractivity contribution in [2.24, 2.45) is 11.3 Å². The number of methoxy groups -OCH3 is 2. The lowest BCUT2D eigenvalue weighted by Gasteiger charge is -2.39. The maximum Gasteiger partial charge on any atom is 0.227 e. The van der Waals surface area contributed by atoms with Crippen molar-refractivity contribution in [1.82, 2.24) is 4.90 Å². The first-order valence-corrected chi connectivity index (χ1v) is 10.8. The van der Waals surface area contributed by atoms with Crippen molar-refractivity contribution in [2.45, 2.75) is 31.7 Å². The summed E-state index contributed by atoms with van der Waals surface area (Å²) in [5.41, 5.74) is 3.68. The Hall–Kier alpha value is -2.53. The molecule has 1 saturated carbocycles. The van der Waals surface area contributed by atoms with E-state index in [1.807, 2.05) is 18.2 Å². The van der Waals surface area contributed by atoms with E-state index in [0.717, 1.165) is 62.3 Å². The number of rotatable bonds is 4. The van der Waals surface area contributed by atoms with Crippen LogP contribution in [0.5, 0.6) is 11.5 Å². The summed E-state index contributed by atoms with van der Waals surface area (Å²) in [4.78, 5) is 15.8. The predicted molar refractivity (Wildman–Crippen MR) is 114 cm³/mol. The molecule has 0 aromatic heterocycles. The Kier molecular flexibility index (Phi) is 4.94. The molecule has 0 unspecified atom stereocenters. The summed E-state index contributed by atoms with van der Waals surface area (Å²) in [5, 5.41) is 0. The molecular formula is C25H29NO4. The van der Waals surface area contributed by atoms with E-state index >= 15 is 0 Å². The van der Waals surface area contributed by atoms with Gasteiger partial charge in [0.1, 0.15) is 0 Å². The number of benzene rings is 2. The van der Waals surface area contributed by atoms with Gasteiger partial charge in [-0.3, -0.25) is 4.79 Å². The van der Waals surface area contributed by atoms with Crippen LogP contribution in [0.25, 0.3) is 0 Å². The maximum atomic E-state index is 13.7. The zero-order valence-electron chi connectivity index (χ0n) is 17.7. The van der Waals surface area contributed by atoms with Crippen molar-refractivity contribution in [3.63, 3.8) is 0 Å². The fourth-order valence-electron chi connectivity index (χ4n) is 5.41. The molecule has 0 N–H and O–H groups in total. The molecule has 2 heterocycles. The monoisotopic (exact) mass is 407 g/mol. The average Bonchev–Trinajstić information content (AvgIpc) is 3.50. The number of nitrogens with zero attached hydrogens (tertiary/aromatic N) is 1. The Balaban J connectivity index is 1.53. The third kappa shape index (κ3) is 3.16. The zero-order chi connectivity index (χ0) is 20.7. The average molecular weight is 408 g/mol. The first-order chi connectivity index (χ1) is 14.7. The van der Waals surface area contributed by atoms with E-state index in [4.69, 9.17) is 14.2 Å². The van der Waals surface area contributed by atoms with Crippen molar-refractivity contribution in [3.8, 4) is 11.5 Å². The van der Waals surface area contributed by atoms with Gasteiger partial charge < -0.3 is 19.1 Å². The summed E-state index contributed by atoms with van der Waals surface area (Å²) in [5.74, 6) is 1.88. The van der Waals surface area contributed by atoms with E-state index in [2.05, 4.69) is 29.2 Å². The number of hydrogen-bond acceptors (Lipinski definition) is 4. The summed E-state index contributed by atoms with van der Waals surface area (Å²) >= 11 is 0. The number of fused-ring (bicyclic) bond motifs is 1. The Bertz CT molecular complexity index is 936. The lowest BCUT2D eigenvalue weighted by atomic mass is 9.86. The van der Waals surface area contributed by atoms with Crippen LogP contribution >= 0.6 is 0 Å². The number of carbonyl (C=O) groups excluding carboxylic acids is 1. The van der Waals surface area contributed by atoms with E-state index in [0.29, 0.717) is 11.7 Å². The molecule has 0 radical (unpaired) electrons. The molecule has 1 aliphatic carbocycles. The molecule has 1 saturated heterocycles. The maximum absolute atomic E-state index is 13.7. The van der Waals surface area contributed by atoms with E-state index in [1.54, 1.807) is 14.2 Å². The molecule has 3 aliphatic rings. The van der Waals surface area contributed by atoms with Gasteiger partial charge in [0, 0.05) is 25.7 Å². The lowest BCUT2D eigenvalue weighted by Crippen LogP contribution is -2.42. The van der Waals surface area contributed by atoms with Gasteiger partial charge in [0.05, 0.1) is 20.3 Å². The molecule has 5 heteroatoms. The van der Waals surface area contributed by atoms with Crippen LogP contribution in [-0.4, -0.2) is 44.8 Å². The molecule has 158 valence electrons. The van der Waals surface area contributed by atoms with Crippen molar-refractivity contribution in [3.05, 3.63) is 59.2 Å². The van der Waals surface area contributed by atoms with Gasteiger partial charge in [-0.25, -0.2) is 0 Å². The van der Waals surface area contributed by atoms with Gasteiger partial charge in [0.2, 0.25) is 5.91 Å². The van der Waals surface area contributed by atoms with Crippen molar-refractivity contribution in [2.75, 3.05) is 34.0 Å². The number of amides is 1. The predicted octanol–water partition coefficient (Wildman–Crippen LogP) is 3.99.